The van der Waals surface area contributed by atoms with Gasteiger partial charge in [0.05, 0.1) is 23.0 Å². The summed E-state index contributed by atoms with van der Waals surface area (Å²) in [5, 5.41) is 9.07. The third kappa shape index (κ3) is 8.97. The third-order valence-electron chi connectivity index (χ3n) is 6.98. The highest BCUT2D eigenvalue weighted by atomic mass is 19.4. The van der Waals surface area contributed by atoms with Gasteiger partial charge in [0.2, 0.25) is 0 Å². The van der Waals surface area contributed by atoms with Gasteiger partial charge in [0.25, 0.3) is 0 Å². The highest BCUT2D eigenvalue weighted by Crippen LogP contribution is 2.40. The van der Waals surface area contributed by atoms with E-state index >= 15 is 0 Å². The Bertz CT molecular complexity index is 1170. The highest BCUT2D eigenvalue weighted by molar-refractivity contribution is 5.75. The molecule has 11 heteroatoms. The number of likely N-dealkylation sites (tertiary alicyclic amines) is 1. The molecule has 1 aliphatic heterocycles. The van der Waals surface area contributed by atoms with Crippen molar-refractivity contribution in [2.45, 2.75) is 70.8 Å². The van der Waals surface area contributed by atoms with Crippen molar-refractivity contribution in [3.05, 3.63) is 64.7 Å². The Hall–Kier alpha value is -3.08. The standard InChI is InChI=1S/C26H27F6NO4.C3H6/c1-15(23(34)35)12-17-4-3-5-20(13-17)37-24(36)18-8-10-33(11-9-18)16(2)21-14-19(25(27,28)29)6-7-22(21)26(30,31)32;1-2-3-1/h3-7,13-16,18H,8-12H2,1-2H3,(H,34,35);1-3H2. The molecule has 5 nitrogen and oxygen atoms in total. The van der Waals surface area contributed by atoms with E-state index in [1.165, 1.54) is 26.2 Å². The maximum absolute atomic E-state index is 13.5. The number of ether oxygens (including phenoxy) is 1. The van der Waals surface area contributed by atoms with Crippen LogP contribution in [0.1, 0.15) is 74.2 Å². The molecule has 0 radical (unpaired) electrons. The Labute approximate surface area is 229 Å². The lowest BCUT2D eigenvalue weighted by Gasteiger charge is -2.36. The topological polar surface area (TPSA) is 66.8 Å². The minimum Gasteiger partial charge on any atom is -0.481 e. The van der Waals surface area contributed by atoms with E-state index in [1.807, 2.05) is 0 Å². The van der Waals surface area contributed by atoms with Gasteiger partial charge in [-0.2, -0.15) is 26.3 Å². The number of carboxylic acid groups (broad SMARTS) is 1. The van der Waals surface area contributed by atoms with Crippen molar-refractivity contribution in [2.24, 2.45) is 11.8 Å². The average Bonchev–Trinajstić information content (AvgIpc) is 3.77. The molecular weight excluding hydrogens is 540 g/mol. The average molecular weight is 574 g/mol. The number of hydrogen-bond donors (Lipinski definition) is 1. The van der Waals surface area contributed by atoms with E-state index in [0.29, 0.717) is 23.8 Å². The molecule has 0 amide bonds. The van der Waals surface area contributed by atoms with Crippen molar-refractivity contribution >= 4 is 11.9 Å². The van der Waals surface area contributed by atoms with Crippen LogP contribution in [0, 0.1) is 11.8 Å². The summed E-state index contributed by atoms with van der Waals surface area (Å²) < 4.78 is 85.5. The number of nitrogens with zero attached hydrogens (tertiary/aromatic N) is 1. The first kappa shape index (κ1) is 31.4. The number of carbonyl (C=O) groups excluding carboxylic acids is 1. The summed E-state index contributed by atoms with van der Waals surface area (Å²) in [6.45, 7) is 3.38. The molecule has 220 valence electrons. The number of benzene rings is 2. The molecule has 2 aromatic carbocycles. The largest absolute Gasteiger partial charge is 0.481 e. The fourth-order valence-corrected chi connectivity index (χ4v) is 4.44. The number of carboxylic acids is 1. The zero-order valence-electron chi connectivity index (χ0n) is 22.3. The molecule has 40 heavy (non-hydrogen) atoms. The molecule has 2 fully saturated rings. The van der Waals surface area contributed by atoms with E-state index in [0.717, 1.165) is 0 Å². The molecule has 1 aliphatic carbocycles. The lowest BCUT2D eigenvalue weighted by atomic mass is 9.92. The molecule has 4 rings (SSSR count). The molecule has 2 aliphatic rings. The second-order valence-corrected chi connectivity index (χ2v) is 10.4. The molecule has 0 aromatic heterocycles. The zero-order chi connectivity index (χ0) is 29.7. The summed E-state index contributed by atoms with van der Waals surface area (Å²) in [4.78, 5) is 25.4. The summed E-state index contributed by atoms with van der Waals surface area (Å²) in [7, 11) is 0. The molecule has 1 N–H and O–H groups in total. The van der Waals surface area contributed by atoms with Gasteiger partial charge in [0.1, 0.15) is 5.75 Å². The predicted molar refractivity (Wildman–Crippen MR) is 136 cm³/mol. The van der Waals surface area contributed by atoms with Crippen LogP contribution in [-0.2, 0) is 28.4 Å². The lowest BCUT2D eigenvalue weighted by molar-refractivity contribution is -0.142. The van der Waals surface area contributed by atoms with E-state index in [9.17, 15) is 35.9 Å². The molecule has 1 saturated heterocycles. The molecule has 1 heterocycles. The smallest absolute Gasteiger partial charge is 0.416 e. The summed E-state index contributed by atoms with van der Waals surface area (Å²) in [5.74, 6) is -2.36. The first-order valence-corrected chi connectivity index (χ1v) is 13.2. The van der Waals surface area contributed by atoms with E-state index in [2.05, 4.69) is 0 Å². The van der Waals surface area contributed by atoms with Crippen LogP contribution < -0.4 is 4.74 Å². The number of esters is 1. The maximum Gasteiger partial charge on any atom is 0.416 e. The Morgan fingerprint density at radius 2 is 1.57 bits per heavy atom. The maximum atomic E-state index is 13.5. The number of piperidine rings is 1. The molecule has 2 unspecified atom stereocenters. The fourth-order valence-electron chi connectivity index (χ4n) is 4.44. The van der Waals surface area contributed by atoms with Crippen LogP contribution in [0.3, 0.4) is 0 Å². The van der Waals surface area contributed by atoms with E-state index < -0.39 is 58.9 Å². The zero-order valence-corrected chi connectivity index (χ0v) is 22.3. The van der Waals surface area contributed by atoms with Gasteiger partial charge in [0.15, 0.2) is 0 Å². The number of hydrogen-bond acceptors (Lipinski definition) is 4. The van der Waals surface area contributed by atoms with Crippen molar-refractivity contribution in [1.82, 2.24) is 4.90 Å². The first-order valence-electron chi connectivity index (χ1n) is 13.2. The Morgan fingerprint density at radius 1 is 0.950 bits per heavy atom. The quantitative estimate of drug-likeness (QED) is 0.211. The van der Waals surface area contributed by atoms with Crippen molar-refractivity contribution in [3.63, 3.8) is 0 Å². The van der Waals surface area contributed by atoms with Crippen molar-refractivity contribution in [1.29, 1.82) is 0 Å². The predicted octanol–water partition coefficient (Wildman–Crippen LogP) is 7.54. The Morgan fingerprint density at radius 3 is 2.10 bits per heavy atom. The number of rotatable bonds is 7. The van der Waals surface area contributed by atoms with Gasteiger partial charge in [-0.1, -0.05) is 38.3 Å². The molecule has 1 saturated carbocycles. The van der Waals surface area contributed by atoms with Crippen LogP contribution in [0.25, 0.3) is 0 Å². The molecule has 2 atom stereocenters. The summed E-state index contributed by atoms with van der Waals surface area (Å²) in [6, 6.07) is 7.00. The van der Waals surface area contributed by atoms with Crippen LogP contribution in [0.15, 0.2) is 42.5 Å². The molecular formula is C29H33F6NO4. The van der Waals surface area contributed by atoms with Gasteiger partial charge in [-0.3, -0.25) is 14.5 Å². The number of halogens is 6. The van der Waals surface area contributed by atoms with Crippen LogP contribution in [0.5, 0.6) is 5.75 Å². The van der Waals surface area contributed by atoms with Gasteiger partial charge in [-0.05, 0) is 80.7 Å². The number of aliphatic carboxylic acids is 1. The van der Waals surface area contributed by atoms with E-state index in [4.69, 9.17) is 9.84 Å². The van der Waals surface area contributed by atoms with E-state index in [1.54, 1.807) is 36.1 Å². The fraction of sp³-hybridized carbons (Fsp3) is 0.517. The lowest BCUT2D eigenvalue weighted by Crippen LogP contribution is -2.39. The minimum absolute atomic E-state index is 0.199. The van der Waals surface area contributed by atoms with Crippen molar-refractivity contribution < 1.29 is 45.8 Å². The Kier molecular flexibility index (Phi) is 10.3. The van der Waals surface area contributed by atoms with Gasteiger partial charge in [-0.15, -0.1) is 0 Å². The van der Waals surface area contributed by atoms with Crippen molar-refractivity contribution in [2.75, 3.05) is 13.1 Å². The van der Waals surface area contributed by atoms with E-state index in [-0.39, 0.29) is 38.1 Å². The summed E-state index contributed by atoms with van der Waals surface area (Å²) in [5.41, 5.74) is -2.05. The van der Waals surface area contributed by atoms with Gasteiger partial charge in [-0.25, -0.2) is 0 Å². The first-order chi connectivity index (χ1) is 18.7. The van der Waals surface area contributed by atoms with Crippen LogP contribution >= 0.6 is 0 Å². The second-order valence-electron chi connectivity index (χ2n) is 10.4. The normalized spacial score (nSPS) is 17.8. The molecule has 0 spiro atoms. The highest BCUT2D eigenvalue weighted by Gasteiger charge is 2.39. The van der Waals surface area contributed by atoms with Crippen LogP contribution in [0.2, 0.25) is 0 Å². The van der Waals surface area contributed by atoms with Crippen molar-refractivity contribution in [3.8, 4) is 5.75 Å². The molecule has 0 bridgehead atoms. The van der Waals surface area contributed by atoms with Crippen LogP contribution in [-0.4, -0.2) is 35.0 Å². The van der Waals surface area contributed by atoms with Gasteiger partial charge in [0, 0.05) is 6.04 Å². The minimum atomic E-state index is -4.81. The SMILES string of the molecule is C1CC1.CC(Cc1cccc(OC(=O)C2CCN(C(C)c3cc(C(F)(F)F)ccc3C(F)(F)F)CC2)c1)C(=O)O. The summed E-state index contributed by atoms with van der Waals surface area (Å²) >= 11 is 0. The summed E-state index contributed by atoms with van der Waals surface area (Å²) in [6.07, 6.45) is -4.31. The Balaban J connectivity index is 0.00000137. The molecule has 2 aromatic rings. The van der Waals surface area contributed by atoms with Gasteiger partial charge < -0.3 is 9.84 Å². The van der Waals surface area contributed by atoms with Crippen LogP contribution in [0.4, 0.5) is 26.3 Å². The van der Waals surface area contributed by atoms with Gasteiger partial charge >= 0.3 is 24.3 Å². The monoisotopic (exact) mass is 573 g/mol. The number of alkyl halides is 6. The number of carbonyl (C=O) groups is 2. The third-order valence-corrected chi connectivity index (χ3v) is 6.98. The second kappa shape index (κ2) is 13.1.